The van der Waals surface area contributed by atoms with Crippen molar-refractivity contribution in [3.8, 4) is 11.5 Å². The lowest BCUT2D eigenvalue weighted by Crippen LogP contribution is -2.06. The number of ketones is 1. The molecule has 5 nitrogen and oxygen atoms in total. The van der Waals surface area contributed by atoms with Crippen LogP contribution in [0.15, 0.2) is 78.9 Å². The predicted octanol–water partition coefficient (Wildman–Crippen LogP) is 5.13. The van der Waals surface area contributed by atoms with Crippen LogP contribution >= 0.6 is 19.4 Å². The van der Waals surface area contributed by atoms with Crippen molar-refractivity contribution in [2.45, 2.75) is 0 Å². The third-order valence-corrected chi connectivity index (χ3v) is 4.50. The van der Waals surface area contributed by atoms with Crippen LogP contribution in [0.4, 0.5) is 0 Å². The number of para-hydroxylation sites is 1. The quantitative estimate of drug-likeness (QED) is 0.468. The zero-order valence-corrected chi connectivity index (χ0v) is 15.1. The highest BCUT2D eigenvalue weighted by molar-refractivity contribution is 7.48. The van der Waals surface area contributed by atoms with Gasteiger partial charge >= 0.3 is 7.82 Å². The Balaban J connectivity index is 1.91. The molecule has 0 aromatic heterocycles. The lowest BCUT2D eigenvalue weighted by Gasteiger charge is -2.16. The molecule has 0 heterocycles. The van der Waals surface area contributed by atoms with E-state index in [1.165, 1.54) is 30.3 Å². The molecule has 0 bridgehead atoms. The maximum atomic E-state index is 12.7. The van der Waals surface area contributed by atoms with E-state index < -0.39 is 7.82 Å². The van der Waals surface area contributed by atoms with Gasteiger partial charge in [-0.05, 0) is 30.3 Å². The van der Waals surface area contributed by atoms with Gasteiger partial charge in [0.05, 0.1) is 5.56 Å². The Kier molecular flexibility index (Phi) is 5.43. The van der Waals surface area contributed by atoms with Gasteiger partial charge in [-0.1, -0.05) is 60.1 Å². The normalized spacial score (nSPS) is 12.8. The molecule has 3 aromatic rings. The molecular formula is C19H14ClO5P. The summed E-state index contributed by atoms with van der Waals surface area (Å²) in [6.45, 7) is 0. The summed E-state index contributed by atoms with van der Waals surface area (Å²) in [5.41, 5.74) is 0.464. The first-order chi connectivity index (χ1) is 12.4. The van der Waals surface area contributed by atoms with Crippen LogP contribution in [0, 0.1) is 0 Å². The molecule has 0 amide bonds. The van der Waals surface area contributed by atoms with E-state index >= 15 is 0 Å². The molecule has 3 aromatic carbocycles. The minimum Gasteiger partial charge on any atom is -0.395 e. The molecule has 3 rings (SSSR count). The largest absolute Gasteiger partial charge is 0.584 e. The van der Waals surface area contributed by atoms with Crippen molar-refractivity contribution >= 4 is 25.2 Å². The van der Waals surface area contributed by atoms with E-state index in [4.69, 9.17) is 20.6 Å². The Labute approximate surface area is 155 Å². The topological polar surface area (TPSA) is 72.8 Å². The van der Waals surface area contributed by atoms with Crippen LogP contribution in [0.1, 0.15) is 15.9 Å². The SMILES string of the molecule is O=C(c1ccccc1)c1cc(Cl)ccc1OP(=O)(O)Oc1ccccc1. The van der Waals surface area contributed by atoms with E-state index in [2.05, 4.69) is 0 Å². The van der Waals surface area contributed by atoms with Crippen molar-refractivity contribution in [1.29, 1.82) is 0 Å². The predicted molar refractivity (Wildman–Crippen MR) is 98.8 cm³/mol. The molecular weight excluding hydrogens is 375 g/mol. The highest BCUT2D eigenvalue weighted by atomic mass is 35.5. The first-order valence-corrected chi connectivity index (χ1v) is 9.48. The lowest BCUT2D eigenvalue weighted by molar-refractivity contribution is 0.103. The molecule has 132 valence electrons. The fraction of sp³-hybridized carbons (Fsp3) is 0. The van der Waals surface area contributed by atoms with Gasteiger partial charge in [-0.3, -0.25) is 9.69 Å². The van der Waals surface area contributed by atoms with Crippen LogP contribution in [0.25, 0.3) is 0 Å². The minimum atomic E-state index is -4.50. The number of carbonyl (C=O) groups excluding carboxylic acids is 1. The summed E-state index contributed by atoms with van der Waals surface area (Å²) in [4.78, 5) is 22.7. The maximum Gasteiger partial charge on any atom is 0.584 e. The van der Waals surface area contributed by atoms with Gasteiger partial charge in [0, 0.05) is 10.6 Å². The number of benzene rings is 3. The standard InChI is InChI=1S/C19H14ClO5P/c20-15-11-12-18(17(13-15)19(21)14-7-3-1-4-8-14)25-26(22,23)24-16-9-5-2-6-10-16/h1-13H,(H,22,23). The Morgan fingerprint density at radius 1 is 0.885 bits per heavy atom. The van der Waals surface area contributed by atoms with Crippen LogP contribution in [-0.2, 0) is 4.57 Å². The van der Waals surface area contributed by atoms with E-state index in [0.29, 0.717) is 10.6 Å². The van der Waals surface area contributed by atoms with Crippen molar-refractivity contribution < 1.29 is 23.3 Å². The third kappa shape index (κ3) is 4.52. The number of phosphoric ester groups is 1. The average molecular weight is 389 g/mol. The zero-order chi connectivity index (χ0) is 18.6. The molecule has 0 saturated heterocycles. The summed E-state index contributed by atoms with van der Waals surface area (Å²) in [5, 5.41) is 0.299. The van der Waals surface area contributed by atoms with Gasteiger partial charge in [-0.25, -0.2) is 4.57 Å². The molecule has 0 aliphatic carbocycles. The molecule has 7 heteroatoms. The van der Waals surface area contributed by atoms with E-state index in [1.807, 2.05) is 0 Å². The number of hydrogen-bond donors (Lipinski definition) is 1. The smallest absolute Gasteiger partial charge is 0.395 e. The van der Waals surface area contributed by atoms with Crippen molar-refractivity contribution in [3.05, 3.63) is 95.0 Å². The summed E-state index contributed by atoms with van der Waals surface area (Å²) in [6, 6.07) is 20.8. The lowest BCUT2D eigenvalue weighted by atomic mass is 10.0. The second-order valence-corrected chi connectivity index (χ2v) is 7.04. The van der Waals surface area contributed by atoms with E-state index in [1.54, 1.807) is 48.5 Å². The van der Waals surface area contributed by atoms with Crippen LogP contribution in [0.3, 0.4) is 0 Å². The Morgan fingerprint density at radius 3 is 2.15 bits per heavy atom. The fourth-order valence-corrected chi connectivity index (χ4v) is 3.27. The molecule has 0 fully saturated rings. The Morgan fingerprint density at radius 2 is 1.50 bits per heavy atom. The van der Waals surface area contributed by atoms with Crippen molar-refractivity contribution in [2.24, 2.45) is 0 Å². The number of rotatable bonds is 6. The molecule has 1 N–H and O–H groups in total. The van der Waals surface area contributed by atoms with Gasteiger partial charge < -0.3 is 9.05 Å². The second-order valence-electron chi connectivity index (χ2n) is 5.30. The summed E-state index contributed by atoms with van der Waals surface area (Å²) in [7, 11) is -4.50. The number of phosphoric acid groups is 1. The first kappa shape index (κ1) is 18.2. The molecule has 0 radical (unpaired) electrons. The highest BCUT2D eigenvalue weighted by Crippen LogP contribution is 2.45. The maximum absolute atomic E-state index is 12.7. The first-order valence-electron chi connectivity index (χ1n) is 7.61. The minimum absolute atomic E-state index is 0.0645. The summed E-state index contributed by atoms with van der Waals surface area (Å²) in [6.07, 6.45) is 0. The van der Waals surface area contributed by atoms with Gasteiger partial charge in [-0.15, -0.1) is 0 Å². The van der Waals surface area contributed by atoms with Gasteiger partial charge in [-0.2, -0.15) is 0 Å². The van der Waals surface area contributed by atoms with Crippen molar-refractivity contribution in [2.75, 3.05) is 0 Å². The highest BCUT2D eigenvalue weighted by Gasteiger charge is 2.28. The summed E-state index contributed by atoms with van der Waals surface area (Å²) < 4.78 is 22.5. The van der Waals surface area contributed by atoms with Gasteiger partial charge in [0.2, 0.25) is 0 Å². The monoisotopic (exact) mass is 388 g/mol. The molecule has 1 unspecified atom stereocenters. The summed E-state index contributed by atoms with van der Waals surface area (Å²) >= 11 is 5.98. The molecule has 0 spiro atoms. The fourth-order valence-electron chi connectivity index (χ4n) is 2.26. The van der Waals surface area contributed by atoms with Crippen LogP contribution in [0.5, 0.6) is 11.5 Å². The van der Waals surface area contributed by atoms with Crippen LogP contribution in [-0.4, -0.2) is 10.7 Å². The summed E-state index contributed by atoms with van der Waals surface area (Å²) in [5.74, 6) is -0.309. The molecule has 1 atom stereocenters. The molecule has 0 saturated carbocycles. The van der Waals surface area contributed by atoms with Gasteiger partial charge in [0.1, 0.15) is 11.5 Å². The number of halogens is 1. The van der Waals surface area contributed by atoms with E-state index in [-0.39, 0.29) is 22.8 Å². The molecule has 0 aliphatic rings. The van der Waals surface area contributed by atoms with E-state index in [0.717, 1.165) is 0 Å². The van der Waals surface area contributed by atoms with Gasteiger partial charge in [0.15, 0.2) is 5.78 Å². The second kappa shape index (κ2) is 7.75. The van der Waals surface area contributed by atoms with Crippen molar-refractivity contribution in [1.82, 2.24) is 0 Å². The number of hydrogen-bond acceptors (Lipinski definition) is 4. The van der Waals surface area contributed by atoms with Crippen LogP contribution in [0.2, 0.25) is 5.02 Å². The molecule has 26 heavy (non-hydrogen) atoms. The Hall–Kier alpha value is -2.59. The molecule has 0 aliphatic heterocycles. The van der Waals surface area contributed by atoms with E-state index in [9.17, 15) is 14.3 Å². The Bertz CT molecular complexity index is 960. The van der Waals surface area contributed by atoms with Crippen molar-refractivity contribution in [3.63, 3.8) is 0 Å². The number of carbonyl (C=O) groups is 1. The third-order valence-electron chi connectivity index (χ3n) is 3.40. The van der Waals surface area contributed by atoms with Crippen LogP contribution < -0.4 is 9.05 Å². The average Bonchev–Trinajstić information content (AvgIpc) is 2.63. The van der Waals surface area contributed by atoms with Gasteiger partial charge in [0.25, 0.3) is 0 Å². The zero-order valence-electron chi connectivity index (χ0n) is 13.4.